The molecule has 1 aliphatic rings. The van der Waals surface area contributed by atoms with Gasteiger partial charge in [-0.25, -0.2) is 8.42 Å². The Labute approximate surface area is 144 Å². The number of hydrogen-bond donors (Lipinski definition) is 0. The Morgan fingerprint density at radius 2 is 1.42 bits per heavy atom. The Morgan fingerprint density at radius 1 is 0.833 bits per heavy atom. The highest BCUT2D eigenvalue weighted by molar-refractivity contribution is 7.92. The summed E-state index contributed by atoms with van der Waals surface area (Å²) in [4.78, 5) is 2.29. The van der Waals surface area contributed by atoms with E-state index in [1.807, 2.05) is 48.5 Å². The molecule has 0 saturated carbocycles. The zero-order valence-corrected chi connectivity index (χ0v) is 14.4. The second-order valence-corrected chi connectivity index (χ2v) is 7.74. The number of sulfonamides is 1. The largest absolute Gasteiger partial charge is 0.296 e. The van der Waals surface area contributed by atoms with Gasteiger partial charge in [0.1, 0.15) is 0 Å². The van der Waals surface area contributed by atoms with Crippen molar-refractivity contribution in [1.82, 2.24) is 9.21 Å². The van der Waals surface area contributed by atoms with Crippen molar-refractivity contribution in [3.8, 4) is 0 Å². The van der Waals surface area contributed by atoms with Crippen LogP contribution in [0.25, 0.3) is 6.08 Å². The molecule has 2 aromatic rings. The number of nitrogens with zero attached hydrogens (tertiary/aromatic N) is 2. The molecule has 1 heterocycles. The van der Waals surface area contributed by atoms with Gasteiger partial charge in [-0.05, 0) is 17.2 Å². The highest BCUT2D eigenvalue weighted by Gasteiger charge is 2.24. The van der Waals surface area contributed by atoms with Crippen LogP contribution in [0.5, 0.6) is 0 Å². The monoisotopic (exact) mass is 342 g/mol. The highest BCUT2D eigenvalue weighted by Crippen LogP contribution is 2.13. The van der Waals surface area contributed by atoms with Crippen LogP contribution >= 0.6 is 0 Å². The van der Waals surface area contributed by atoms with Crippen molar-refractivity contribution in [2.24, 2.45) is 0 Å². The summed E-state index contributed by atoms with van der Waals surface area (Å²) in [5, 5.41) is 1.31. The van der Waals surface area contributed by atoms with Crippen molar-refractivity contribution >= 4 is 16.1 Å². The summed E-state index contributed by atoms with van der Waals surface area (Å²) >= 11 is 0. The van der Waals surface area contributed by atoms with E-state index in [0.717, 1.165) is 25.2 Å². The number of benzene rings is 2. The van der Waals surface area contributed by atoms with Crippen LogP contribution in [0.4, 0.5) is 0 Å². The molecule has 0 aliphatic carbocycles. The third-order valence-corrected chi connectivity index (χ3v) is 5.74. The summed E-state index contributed by atoms with van der Waals surface area (Å²) in [6.07, 6.45) is 1.66. The average Bonchev–Trinajstić information content (AvgIpc) is 2.62. The molecule has 2 aromatic carbocycles. The van der Waals surface area contributed by atoms with Crippen molar-refractivity contribution in [1.29, 1.82) is 0 Å². The van der Waals surface area contributed by atoms with Crippen LogP contribution in [0.1, 0.15) is 11.1 Å². The first kappa shape index (κ1) is 16.9. The van der Waals surface area contributed by atoms with Crippen molar-refractivity contribution in [3.63, 3.8) is 0 Å². The normalized spacial score (nSPS) is 17.3. The van der Waals surface area contributed by atoms with Gasteiger partial charge in [0.05, 0.1) is 0 Å². The number of hydrogen-bond acceptors (Lipinski definition) is 3. The molecule has 1 fully saturated rings. The molecule has 0 spiro atoms. The Balaban J connectivity index is 1.56. The molecule has 4 nitrogen and oxygen atoms in total. The lowest BCUT2D eigenvalue weighted by molar-refractivity contribution is 0.182. The SMILES string of the molecule is O=S(=O)(/C=C/c1ccccc1)N1CCN(Cc2ccccc2)CC1. The molecule has 5 heteroatoms. The topological polar surface area (TPSA) is 40.6 Å². The van der Waals surface area contributed by atoms with Gasteiger partial charge in [-0.1, -0.05) is 60.7 Å². The van der Waals surface area contributed by atoms with E-state index < -0.39 is 10.0 Å². The molecular weight excluding hydrogens is 320 g/mol. The maximum atomic E-state index is 12.4. The summed E-state index contributed by atoms with van der Waals surface area (Å²) in [6.45, 7) is 3.46. The van der Waals surface area contributed by atoms with Crippen LogP contribution in [0.3, 0.4) is 0 Å². The van der Waals surface area contributed by atoms with Crippen LogP contribution in [-0.4, -0.2) is 43.8 Å². The maximum Gasteiger partial charge on any atom is 0.236 e. The predicted octanol–water partition coefficient (Wildman–Crippen LogP) is 2.80. The van der Waals surface area contributed by atoms with E-state index in [1.165, 1.54) is 11.0 Å². The first-order valence-electron chi connectivity index (χ1n) is 8.13. The standard InChI is InChI=1S/C19H22N2O2S/c22-24(23,16-11-18-7-3-1-4-8-18)21-14-12-20(13-15-21)17-19-9-5-2-6-10-19/h1-11,16H,12-15,17H2/b16-11+. The smallest absolute Gasteiger partial charge is 0.236 e. The molecule has 0 bridgehead atoms. The lowest BCUT2D eigenvalue weighted by Gasteiger charge is -2.33. The zero-order chi connectivity index (χ0) is 16.8. The summed E-state index contributed by atoms with van der Waals surface area (Å²) in [7, 11) is -3.35. The quantitative estimate of drug-likeness (QED) is 0.839. The van der Waals surface area contributed by atoms with Gasteiger partial charge in [-0.2, -0.15) is 4.31 Å². The molecule has 0 atom stereocenters. The van der Waals surface area contributed by atoms with Gasteiger partial charge in [0.15, 0.2) is 0 Å². The van der Waals surface area contributed by atoms with Crippen LogP contribution in [0.2, 0.25) is 0 Å². The zero-order valence-electron chi connectivity index (χ0n) is 13.6. The van der Waals surface area contributed by atoms with E-state index in [9.17, 15) is 8.42 Å². The number of rotatable bonds is 5. The minimum atomic E-state index is -3.35. The second-order valence-electron chi connectivity index (χ2n) is 5.92. The van der Waals surface area contributed by atoms with Gasteiger partial charge in [0, 0.05) is 38.1 Å². The molecule has 24 heavy (non-hydrogen) atoms. The molecule has 1 aliphatic heterocycles. The van der Waals surface area contributed by atoms with E-state index in [4.69, 9.17) is 0 Å². The third kappa shape index (κ3) is 4.54. The second kappa shape index (κ2) is 7.75. The Morgan fingerprint density at radius 3 is 2.04 bits per heavy atom. The molecule has 0 aromatic heterocycles. The fraction of sp³-hybridized carbons (Fsp3) is 0.263. The molecule has 0 radical (unpaired) electrons. The molecule has 0 amide bonds. The van der Waals surface area contributed by atoms with Gasteiger partial charge in [-0.3, -0.25) is 4.90 Å². The van der Waals surface area contributed by atoms with Crippen molar-refractivity contribution < 1.29 is 8.42 Å². The molecule has 1 saturated heterocycles. The maximum absolute atomic E-state index is 12.4. The van der Waals surface area contributed by atoms with E-state index >= 15 is 0 Å². The predicted molar refractivity (Wildman–Crippen MR) is 97.7 cm³/mol. The van der Waals surface area contributed by atoms with Crippen LogP contribution in [0, 0.1) is 0 Å². The average molecular weight is 342 g/mol. The van der Waals surface area contributed by atoms with Gasteiger partial charge in [0.2, 0.25) is 10.0 Å². The molecule has 126 valence electrons. The Hall–Kier alpha value is -1.95. The van der Waals surface area contributed by atoms with Gasteiger partial charge in [0.25, 0.3) is 0 Å². The van der Waals surface area contributed by atoms with E-state index in [2.05, 4.69) is 17.0 Å². The minimum absolute atomic E-state index is 0.536. The van der Waals surface area contributed by atoms with Gasteiger partial charge < -0.3 is 0 Å². The lowest BCUT2D eigenvalue weighted by Crippen LogP contribution is -2.47. The Bertz CT molecular complexity index is 766. The van der Waals surface area contributed by atoms with Gasteiger partial charge in [-0.15, -0.1) is 0 Å². The van der Waals surface area contributed by atoms with Crippen LogP contribution in [0.15, 0.2) is 66.1 Å². The summed E-state index contributed by atoms with van der Waals surface area (Å²) < 4.78 is 26.5. The first-order chi connectivity index (χ1) is 11.6. The van der Waals surface area contributed by atoms with E-state index in [0.29, 0.717) is 13.1 Å². The van der Waals surface area contributed by atoms with E-state index in [1.54, 1.807) is 10.4 Å². The van der Waals surface area contributed by atoms with Crippen molar-refractivity contribution in [3.05, 3.63) is 77.2 Å². The molecule has 3 rings (SSSR count). The number of piperazine rings is 1. The van der Waals surface area contributed by atoms with Gasteiger partial charge >= 0.3 is 0 Å². The summed E-state index contributed by atoms with van der Waals surface area (Å²) in [6, 6.07) is 19.8. The summed E-state index contributed by atoms with van der Waals surface area (Å²) in [5.74, 6) is 0. The third-order valence-electron chi connectivity index (χ3n) is 4.17. The minimum Gasteiger partial charge on any atom is -0.296 e. The molecule has 0 N–H and O–H groups in total. The van der Waals surface area contributed by atoms with Crippen molar-refractivity contribution in [2.75, 3.05) is 26.2 Å². The van der Waals surface area contributed by atoms with Crippen LogP contribution < -0.4 is 0 Å². The fourth-order valence-corrected chi connectivity index (χ4v) is 3.97. The fourth-order valence-electron chi connectivity index (χ4n) is 2.80. The Kier molecular flexibility index (Phi) is 5.45. The first-order valence-corrected chi connectivity index (χ1v) is 9.63. The summed E-state index contributed by atoms with van der Waals surface area (Å²) in [5.41, 5.74) is 2.15. The van der Waals surface area contributed by atoms with Crippen molar-refractivity contribution in [2.45, 2.75) is 6.54 Å². The highest BCUT2D eigenvalue weighted by atomic mass is 32.2. The van der Waals surface area contributed by atoms with E-state index in [-0.39, 0.29) is 0 Å². The lowest BCUT2D eigenvalue weighted by atomic mass is 10.2. The molecular formula is C19H22N2O2S. The van der Waals surface area contributed by atoms with Crippen LogP contribution in [-0.2, 0) is 16.6 Å². The molecule has 0 unspecified atom stereocenters.